The average molecular weight is 287 g/mol. The number of allylic oxidation sites excluding steroid dienone is 1. The quantitative estimate of drug-likeness (QED) is 0.725. The fourth-order valence-electron chi connectivity index (χ4n) is 2.68. The number of aromatic nitrogens is 2. The SMILES string of the molecule is O=C1CC(c2ccc3c(c2)ncn3-c2ccccc2)=CC=N1. The van der Waals surface area contributed by atoms with Gasteiger partial charge < -0.3 is 0 Å². The van der Waals surface area contributed by atoms with Gasteiger partial charge in [-0.25, -0.2) is 9.98 Å². The van der Waals surface area contributed by atoms with Crippen LogP contribution in [0.3, 0.4) is 0 Å². The van der Waals surface area contributed by atoms with Crippen LogP contribution in [0.2, 0.25) is 0 Å². The summed E-state index contributed by atoms with van der Waals surface area (Å²) in [6.07, 6.45) is 5.62. The summed E-state index contributed by atoms with van der Waals surface area (Å²) in [5, 5.41) is 0. The molecule has 106 valence electrons. The van der Waals surface area contributed by atoms with Crippen molar-refractivity contribution in [3.05, 3.63) is 66.5 Å². The molecule has 2 aromatic carbocycles. The Labute approximate surface area is 127 Å². The van der Waals surface area contributed by atoms with E-state index in [0.29, 0.717) is 6.42 Å². The Bertz CT molecular complexity index is 920. The van der Waals surface area contributed by atoms with E-state index in [4.69, 9.17) is 0 Å². The zero-order valence-electron chi connectivity index (χ0n) is 11.8. The molecule has 0 aliphatic carbocycles. The third-order valence-electron chi connectivity index (χ3n) is 3.79. The number of hydrogen-bond acceptors (Lipinski definition) is 2. The number of dihydropyridines is 1. The van der Waals surface area contributed by atoms with Crippen LogP contribution < -0.4 is 0 Å². The molecule has 0 atom stereocenters. The van der Waals surface area contributed by atoms with Crippen molar-refractivity contribution < 1.29 is 4.79 Å². The number of para-hydroxylation sites is 1. The summed E-state index contributed by atoms with van der Waals surface area (Å²) in [7, 11) is 0. The number of fused-ring (bicyclic) bond motifs is 1. The molecule has 22 heavy (non-hydrogen) atoms. The third-order valence-corrected chi connectivity index (χ3v) is 3.79. The Kier molecular flexibility index (Phi) is 2.93. The van der Waals surface area contributed by atoms with Gasteiger partial charge in [-0.15, -0.1) is 0 Å². The molecule has 4 nitrogen and oxygen atoms in total. The standard InChI is InChI=1S/C18H13N3O/c22-18-11-14(8-9-19-18)13-6-7-17-16(10-13)20-12-21(17)15-4-2-1-3-5-15/h1-10,12H,11H2. The first-order chi connectivity index (χ1) is 10.8. The van der Waals surface area contributed by atoms with Crippen LogP contribution in [0.15, 0.2) is 65.9 Å². The van der Waals surface area contributed by atoms with Crippen LogP contribution in [0, 0.1) is 0 Å². The van der Waals surface area contributed by atoms with Gasteiger partial charge in [0.25, 0.3) is 0 Å². The van der Waals surface area contributed by atoms with E-state index >= 15 is 0 Å². The van der Waals surface area contributed by atoms with Gasteiger partial charge in [0.2, 0.25) is 5.91 Å². The second-order valence-corrected chi connectivity index (χ2v) is 5.19. The first kappa shape index (κ1) is 12.7. The first-order valence-electron chi connectivity index (χ1n) is 7.10. The van der Waals surface area contributed by atoms with Crippen LogP contribution in [0.25, 0.3) is 22.3 Å². The molecule has 3 aromatic rings. The Morgan fingerprint density at radius 1 is 1.05 bits per heavy atom. The second-order valence-electron chi connectivity index (χ2n) is 5.19. The fourth-order valence-corrected chi connectivity index (χ4v) is 2.68. The van der Waals surface area contributed by atoms with Gasteiger partial charge in [-0.1, -0.05) is 24.3 Å². The molecular formula is C18H13N3O. The molecule has 0 spiro atoms. The van der Waals surface area contributed by atoms with E-state index in [-0.39, 0.29) is 5.91 Å². The van der Waals surface area contributed by atoms with Crippen molar-refractivity contribution in [1.29, 1.82) is 0 Å². The largest absolute Gasteiger partial charge is 0.299 e. The van der Waals surface area contributed by atoms with Gasteiger partial charge in [0.05, 0.1) is 17.5 Å². The lowest BCUT2D eigenvalue weighted by molar-refractivity contribution is -0.116. The molecule has 1 amide bonds. The summed E-state index contributed by atoms with van der Waals surface area (Å²) < 4.78 is 2.06. The van der Waals surface area contributed by atoms with Crippen LogP contribution >= 0.6 is 0 Å². The van der Waals surface area contributed by atoms with Crippen molar-refractivity contribution in [2.45, 2.75) is 6.42 Å². The van der Waals surface area contributed by atoms with Crippen molar-refractivity contribution in [2.24, 2.45) is 4.99 Å². The maximum atomic E-state index is 11.4. The molecule has 1 aliphatic heterocycles. The maximum absolute atomic E-state index is 11.4. The van der Waals surface area contributed by atoms with Gasteiger partial charge in [-0.05, 0) is 41.5 Å². The smallest absolute Gasteiger partial charge is 0.250 e. The molecule has 1 aliphatic rings. The summed E-state index contributed by atoms with van der Waals surface area (Å²) in [5.41, 5.74) is 5.04. The van der Waals surface area contributed by atoms with E-state index in [1.165, 1.54) is 0 Å². The molecular weight excluding hydrogens is 274 g/mol. The van der Waals surface area contributed by atoms with Gasteiger partial charge in [-0.3, -0.25) is 9.36 Å². The second kappa shape index (κ2) is 5.07. The highest BCUT2D eigenvalue weighted by Crippen LogP contribution is 2.25. The lowest BCUT2D eigenvalue weighted by atomic mass is 10.0. The number of carbonyl (C=O) groups is 1. The van der Waals surface area contributed by atoms with E-state index in [9.17, 15) is 4.79 Å². The molecule has 2 heterocycles. The van der Waals surface area contributed by atoms with Crippen LogP contribution in [0.1, 0.15) is 12.0 Å². The number of rotatable bonds is 2. The summed E-state index contributed by atoms with van der Waals surface area (Å²) in [6.45, 7) is 0. The Morgan fingerprint density at radius 2 is 1.91 bits per heavy atom. The molecule has 0 saturated heterocycles. The van der Waals surface area contributed by atoms with E-state index in [2.05, 4.69) is 14.5 Å². The lowest BCUT2D eigenvalue weighted by Crippen LogP contribution is -2.01. The Hall–Kier alpha value is -3.01. The minimum Gasteiger partial charge on any atom is -0.299 e. The summed E-state index contributed by atoms with van der Waals surface area (Å²) in [6, 6.07) is 16.2. The minimum absolute atomic E-state index is 0.104. The van der Waals surface area contributed by atoms with Crippen molar-refractivity contribution >= 4 is 28.7 Å². The fraction of sp³-hybridized carbons (Fsp3) is 0.0556. The highest BCUT2D eigenvalue weighted by molar-refractivity contribution is 6.03. The van der Waals surface area contributed by atoms with Crippen molar-refractivity contribution in [3.8, 4) is 5.69 Å². The molecule has 0 bridgehead atoms. The molecule has 0 N–H and O–H groups in total. The number of nitrogens with zero attached hydrogens (tertiary/aromatic N) is 3. The highest BCUT2D eigenvalue weighted by Gasteiger charge is 2.12. The maximum Gasteiger partial charge on any atom is 0.250 e. The normalized spacial score (nSPS) is 14.4. The lowest BCUT2D eigenvalue weighted by Gasteiger charge is -2.08. The zero-order valence-corrected chi connectivity index (χ0v) is 11.8. The monoisotopic (exact) mass is 287 g/mol. The molecule has 4 rings (SSSR count). The number of benzene rings is 2. The number of amides is 1. The van der Waals surface area contributed by atoms with Crippen LogP contribution in [-0.4, -0.2) is 21.7 Å². The molecule has 0 radical (unpaired) electrons. The number of imidazole rings is 1. The van der Waals surface area contributed by atoms with Crippen LogP contribution in [0.4, 0.5) is 0 Å². The number of carbonyl (C=O) groups excluding carboxylic acids is 1. The molecule has 4 heteroatoms. The predicted octanol–water partition coefficient (Wildman–Crippen LogP) is 3.41. The minimum atomic E-state index is -0.104. The summed E-state index contributed by atoms with van der Waals surface area (Å²) >= 11 is 0. The van der Waals surface area contributed by atoms with Crippen LogP contribution in [-0.2, 0) is 4.79 Å². The van der Waals surface area contributed by atoms with E-state index < -0.39 is 0 Å². The van der Waals surface area contributed by atoms with E-state index in [1.54, 1.807) is 6.21 Å². The molecule has 1 aromatic heterocycles. The summed E-state index contributed by atoms with van der Waals surface area (Å²) in [5.74, 6) is -0.104. The molecule has 0 saturated carbocycles. The highest BCUT2D eigenvalue weighted by atomic mass is 16.1. The number of aliphatic imine (C=N–C) groups is 1. The van der Waals surface area contributed by atoms with Gasteiger partial charge >= 0.3 is 0 Å². The zero-order chi connectivity index (χ0) is 14.9. The molecule has 0 unspecified atom stereocenters. The summed E-state index contributed by atoms with van der Waals surface area (Å²) in [4.78, 5) is 19.7. The van der Waals surface area contributed by atoms with E-state index in [0.717, 1.165) is 27.9 Å². The van der Waals surface area contributed by atoms with Crippen molar-refractivity contribution in [3.63, 3.8) is 0 Å². The Morgan fingerprint density at radius 3 is 2.73 bits per heavy atom. The third kappa shape index (κ3) is 2.15. The first-order valence-corrected chi connectivity index (χ1v) is 7.10. The van der Waals surface area contributed by atoms with Gasteiger partial charge in [0.1, 0.15) is 6.33 Å². The Balaban J connectivity index is 1.79. The predicted molar refractivity (Wildman–Crippen MR) is 87.2 cm³/mol. The number of hydrogen-bond donors (Lipinski definition) is 0. The van der Waals surface area contributed by atoms with Crippen LogP contribution in [0.5, 0.6) is 0 Å². The van der Waals surface area contributed by atoms with Gasteiger partial charge in [0, 0.05) is 11.9 Å². The average Bonchev–Trinajstić information content (AvgIpc) is 2.99. The van der Waals surface area contributed by atoms with Crippen molar-refractivity contribution in [1.82, 2.24) is 9.55 Å². The van der Waals surface area contributed by atoms with Crippen molar-refractivity contribution in [2.75, 3.05) is 0 Å². The molecule has 0 fully saturated rings. The van der Waals surface area contributed by atoms with Gasteiger partial charge in [0.15, 0.2) is 0 Å². The topological polar surface area (TPSA) is 47.2 Å². The van der Waals surface area contributed by atoms with E-state index in [1.807, 2.05) is 60.9 Å². The van der Waals surface area contributed by atoms with Gasteiger partial charge in [-0.2, -0.15) is 0 Å².